The van der Waals surface area contributed by atoms with Crippen molar-refractivity contribution in [3.05, 3.63) is 0 Å². The van der Waals surface area contributed by atoms with Crippen molar-refractivity contribution in [3.63, 3.8) is 0 Å². The summed E-state index contributed by atoms with van der Waals surface area (Å²) >= 11 is 0. The molecule has 0 saturated carbocycles. The third-order valence-corrected chi connectivity index (χ3v) is 8.00. The minimum atomic E-state index is -1.96. The van der Waals surface area contributed by atoms with Gasteiger partial charge >= 0.3 is 5.97 Å². The van der Waals surface area contributed by atoms with Crippen LogP contribution in [0.5, 0.6) is 0 Å². The number of hydrogen-bond donors (Lipinski definition) is 1. The molecule has 98 valence electrons. The summed E-state index contributed by atoms with van der Waals surface area (Å²) in [5.74, 6) is -1.85. The van der Waals surface area contributed by atoms with Crippen molar-refractivity contribution in [1.29, 1.82) is 0 Å². The van der Waals surface area contributed by atoms with E-state index < -0.39 is 32.3 Å². The maximum absolute atomic E-state index is 11.1. The molecule has 0 amide bonds. The number of ether oxygens (including phenoxy) is 1. The Morgan fingerprint density at radius 1 is 1.35 bits per heavy atom. The highest BCUT2D eigenvalue weighted by atomic mass is 28.4. The Hall–Kier alpha value is -0.723. The Morgan fingerprint density at radius 2 is 1.88 bits per heavy atom. The molecule has 5 nitrogen and oxygen atoms in total. The van der Waals surface area contributed by atoms with Crippen LogP contribution in [0.1, 0.15) is 20.8 Å². The van der Waals surface area contributed by atoms with Gasteiger partial charge in [0.1, 0.15) is 0 Å². The van der Waals surface area contributed by atoms with E-state index in [0.717, 1.165) is 0 Å². The average molecular weight is 260 g/mol. The Balaban J connectivity index is 2.58. The Labute approximate surface area is 102 Å². The van der Waals surface area contributed by atoms with Crippen molar-refractivity contribution in [2.75, 3.05) is 6.61 Å². The molecule has 0 aromatic rings. The molecule has 2 atom stereocenters. The van der Waals surface area contributed by atoms with Crippen molar-refractivity contribution < 1.29 is 23.9 Å². The number of carbonyl (C=O) groups excluding carboxylic acids is 2. The zero-order valence-corrected chi connectivity index (χ0v) is 11.9. The minimum absolute atomic E-state index is 0.0323. The highest BCUT2D eigenvalue weighted by Gasteiger charge is 2.45. The largest absolute Gasteiger partial charge is 0.451 e. The van der Waals surface area contributed by atoms with Gasteiger partial charge in [0.2, 0.25) is 0 Å². The molecular weight excluding hydrogens is 240 g/mol. The van der Waals surface area contributed by atoms with Crippen LogP contribution in [0.2, 0.25) is 18.1 Å². The highest BCUT2D eigenvalue weighted by molar-refractivity contribution is 6.74. The standard InChI is InChI=1S/C11H20O5Si/c1-11(2,3)17(4,5)15-6-7-8(12)9(13)10(14)16-7/h7-8,12H,6H2,1-5H3/t7-,8?/m0/s1. The second kappa shape index (κ2) is 4.51. The van der Waals surface area contributed by atoms with Crippen LogP contribution >= 0.6 is 0 Å². The number of carbonyl (C=O) groups is 2. The molecule has 0 aromatic carbocycles. The molecule has 0 aromatic heterocycles. The predicted octanol–water partition coefficient (Wildman–Crippen LogP) is 0.864. The topological polar surface area (TPSA) is 72.8 Å². The predicted molar refractivity (Wildman–Crippen MR) is 64.0 cm³/mol. The lowest BCUT2D eigenvalue weighted by atomic mass is 10.2. The van der Waals surface area contributed by atoms with Crippen LogP contribution in [0, 0.1) is 0 Å². The van der Waals surface area contributed by atoms with Crippen LogP contribution in [-0.2, 0) is 18.8 Å². The van der Waals surface area contributed by atoms with Gasteiger partial charge in [-0.2, -0.15) is 0 Å². The molecule has 1 fully saturated rings. The Morgan fingerprint density at radius 3 is 2.24 bits per heavy atom. The lowest BCUT2D eigenvalue weighted by Gasteiger charge is -2.36. The third kappa shape index (κ3) is 2.94. The first-order valence-electron chi connectivity index (χ1n) is 5.63. The van der Waals surface area contributed by atoms with E-state index in [0.29, 0.717) is 0 Å². The molecule has 0 radical (unpaired) electrons. The molecule has 1 rings (SSSR count). The van der Waals surface area contributed by atoms with Crippen molar-refractivity contribution in [2.45, 2.75) is 51.1 Å². The van der Waals surface area contributed by atoms with Crippen molar-refractivity contribution in [3.8, 4) is 0 Å². The summed E-state index contributed by atoms with van der Waals surface area (Å²) in [4.78, 5) is 22.0. The van der Waals surface area contributed by atoms with E-state index in [9.17, 15) is 14.7 Å². The fourth-order valence-corrected chi connectivity index (χ4v) is 2.20. The first-order chi connectivity index (χ1) is 7.56. The number of ketones is 1. The van der Waals surface area contributed by atoms with Gasteiger partial charge < -0.3 is 14.3 Å². The van der Waals surface area contributed by atoms with E-state index in [1.807, 2.05) is 0 Å². The van der Waals surface area contributed by atoms with Gasteiger partial charge in [-0.05, 0) is 18.1 Å². The molecule has 1 unspecified atom stereocenters. The van der Waals surface area contributed by atoms with Crippen LogP contribution in [-0.4, -0.2) is 44.0 Å². The molecular formula is C11H20O5Si. The Bertz CT molecular complexity index is 331. The van der Waals surface area contributed by atoms with Gasteiger partial charge in [-0.15, -0.1) is 0 Å². The van der Waals surface area contributed by atoms with Gasteiger partial charge in [0.15, 0.2) is 20.5 Å². The second-order valence-corrected chi connectivity index (χ2v) is 10.6. The van der Waals surface area contributed by atoms with E-state index in [4.69, 9.17) is 9.16 Å². The van der Waals surface area contributed by atoms with E-state index in [-0.39, 0.29) is 11.6 Å². The fourth-order valence-electron chi connectivity index (χ4n) is 1.18. The van der Waals surface area contributed by atoms with Crippen LogP contribution in [0.25, 0.3) is 0 Å². The molecule has 1 heterocycles. The van der Waals surface area contributed by atoms with E-state index in [2.05, 4.69) is 33.9 Å². The van der Waals surface area contributed by atoms with Crippen molar-refractivity contribution in [2.24, 2.45) is 0 Å². The summed E-state index contributed by atoms with van der Waals surface area (Å²) in [6, 6.07) is 0. The van der Waals surface area contributed by atoms with Gasteiger partial charge in [0, 0.05) is 0 Å². The molecule has 17 heavy (non-hydrogen) atoms. The van der Waals surface area contributed by atoms with E-state index >= 15 is 0 Å². The number of rotatable bonds is 3. The van der Waals surface area contributed by atoms with Gasteiger partial charge in [-0.3, -0.25) is 4.79 Å². The molecule has 1 aliphatic heterocycles. The summed E-state index contributed by atoms with van der Waals surface area (Å²) in [5, 5.41) is 9.50. The summed E-state index contributed by atoms with van der Waals surface area (Å²) in [6.07, 6.45) is -2.24. The summed E-state index contributed by atoms with van der Waals surface area (Å²) in [5.41, 5.74) is 0. The van der Waals surface area contributed by atoms with E-state index in [1.54, 1.807) is 0 Å². The van der Waals surface area contributed by atoms with Gasteiger partial charge in [0.25, 0.3) is 5.78 Å². The first kappa shape index (κ1) is 14.3. The van der Waals surface area contributed by atoms with Crippen LogP contribution in [0.3, 0.4) is 0 Å². The lowest BCUT2D eigenvalue weighted by Crippen LogP contribution is -2.44. The van der Waals surface area contributed by atoms with Crippen molar-refractivity contribution >= 4 is 20.1 Å². The quantitative estimate of drug-likeness (QED) is 0.463. The average Bonchev–Trinajstić information content (AvgIpc) is 2.41. The Kier molecular flexibility index (Phi) is 3.80. The first-order valence-corrected chi connectivity index (χ1v) is 8.54. The highest BCUT2D eigenvalue weighted by Crippen LogP contribution is 2.36. The molecule has 0 aliphatic carbocycles. The maximum atomic E-state index is 11.1. The summed E-state index contributed by atoms with van der Waals surface area (Å²) < 4.78 is 10.5. The second-order valence-electron chi connectivity index (χ2n) is 5.82. The number of aliphatic hydroxyl groups is 1. The van der Waals surface area contributed by atoms with Gasteiger partial charge in [-0.25, -0.2) is 4.79 Å². The smallest absolute Gasteiger partial charge is 0.378 e. The van der Waals surface area contributed by atoms with E-state index in [1.165, 1.54) is 0 Å². The zero-order chi connectivity index (χ0) is 13.4. The van der Waals surface area contributed by atoms with Gasteiger partial charge in [-0.1, -0.05) is 20.8 Å². The summed E-state index contributed by atoms with van der Waals surface area (Å²) in [6.45, 7) is 10.4. The van der Waals surface area contributed by atoms with Gasteiger partial charge in [0.05, 0.1) is 6.61 Å². The molecule has 1 N–H and O–H groups in total. The maximum Gasteiger partial charge on any atom is 0.378 e. The fraction of sp³-hybridized carbons (Fsp3) is 0.818. The number of cyclic esters (lactones) is 1. The monoisotopic (exact) mass is 260 g/mol. The number of aliphatic hydroxyl groups excluding tert-OH is 1. The summed E-state index contributed by atoms with van der Waals surface area (Å²) in [7, 11) is -1.96. The number of Topliss-reactive ketones (excluding diaryl/α,β-unsaturated/α-hetero) is 1. The number of hydrogen-bond acceptors (Lipinski definition) is 5. The number of esters is 1. The third-order valence-electron chi connectivity index (χ3n) is 3.50. The lowest BCUT2D eigenvalue weighted by molar-refractivity contribution is -0.149. The normalized spacial score (nSPS) is 26.2. The molecule has 1 aliphatic rings. The molecule has 1 saturated heterocycles. The molecule has 0 bridgehead atoms. The van der Waals surface area contributed by atoms with Crippen LogP contribution in [0.15, 0.2) is 0 Å². The van der Waals surface area contributed by atoms with Crippen molar-refractivity contribution in [1.82, 2.24) is 0 Å². The zero-order valence-electron chi connectivity index (χ0n) is 10.9. The molecule has 0 spiro atoms. The minimum Gasteiger partial charge on any atom is -0.451 e. The SMILES string of the molecule is CC(C)(C)[Si](C)(C)OC[C@@H]1OC(=O)C(=O)C1O. The molecule has 6 heteroatoms. The van der Waals surface area contributed by atoms with Crippen LogP contribution in [0.4, 0.5) is 0 Å². The van der Waals surface area contributed by atoms with Crippen LogP contribution < -0.4 is 0 Å².